The molecule has 0 bridgehead atoms. The van der Waals surface area contributed by atoms with Gasteiger partial charge in [0.15, 0.2) is 0 Å². The Balaban J connectivity index is -0.00000204. The average Bonchev–Trinajstić information content (AvgIpc) is 1.30. The zero-order chi connectivity index (χ0) is 73.8. The van der Waals surface area contributed by atoms with Crippen molar-refractivity contribution in [3.8, 4) is 0 Å². The number of unbranched alkanes of at least 4 members (excludes halogenated alkanes) is 12. The molecule has 5 atom stereocenters. The Kier molecular flexibility index (Phi) is 72.1. The number of ether oxygens (including phenoxy) is 6. The molecule has 0 radical (unpaired) electrons. The number of nitrogens with one attached hydrogen (secondary N) is 6. The van der Waals surface area contributed by atoms with Crippen LogP contribution in [0.2, 0.25) is 0 Å². The molecule has 0 aliphatic carbocycles. The molecule has 0 fully saturated rings. The number of hydrogen-bond donors (Lipinski definition) is 10. The number of rotatable bonds is 70. The first-order chi connectivity index (χ1) is 47.5. The number of nitrogens with two attached hydrogens (primary N) is 2. The molecular weight excluding hydrogens is 1400 g/mol. The van der Waals surface area contributed by atoms with E-state index in [2.05, 4.69) is 31.9 Å². The van der Waals surface area contributed by atoms with Crippen molar-refractivity contribution in [2.24, 2.45) is 23.3 Å². The highest BCUT2D eigenvalue weighted by molar-refractivity contribution is 7.47. The number of carbonyl (C=O) groups is 6. The topological polar surface area (TPSA) is 525 Å². The van der Waals surface area contributed by atoms with Crippen LogP contribution in [0.1, 0.15) is 168 Å². The lowest BCUT2D eigenvalue weighted by atomic mass is 10.1. The van der Waals surface area contributed by atoms with Gasteiger partial charge in [-0.3, -0.25) is 41.8 Å². The van der Waals surface area contributed by atoms with Crippen molar-refractivity contribution in [1.29, 1.82) is 0 Å². The minimum absolute atomic E-state index is 0. The van der Waals surface area contributed by atoms with Crippen LogP contribution in [0, 0.1) is 11.8 Å². The van der Waals surface area contributed by atoms with Gasteiger partial charge in [0, 0.05) is 79.2 Å². The monoisotopic (exact) mass is 1530 g/mol. The van der Waals surface area contributed by atoms with Crippen LogP contribution in [-0.4, -0.2) is 223 Å². The number of amides is 6. The average molecular weight is 1530 g/mol. The summed E-state index contributed by atoms with van der Waals surface area (Å²) in [7, 11) is -11.7. The summed E-state index contributed by atoms with van der Waals surface area (Å²) >= 11 is 0. The smallest absolute Gasteiger partial charge is 0.472 e. The Morgan fingerprint density at radius 1 is 0.390 bits per heavy atom. The Labute approximate surface area is 593 Å². The molecule has 5 unspecified atom stereocenters. The highest BCUT2D eigenvalue weighted by Gasteiger charge is 2.22. The standard InChI is InChI=1S/C36H72N4O18P2.C24H51N4O9P2.H2O/c1-32(30-39-33(41)14-6-12-20-57-59(45,46)55-18-10-4-8-16-37-35(43)53-28-26-51-24-22-49-2)31-40-34(42)15-7-13-21-58-60(47,48)56-19-11-5-9-17-38-36(44)54-29-27-52-25-23-50-3;1-22(20-27-23(29)12-4-10-17-35-38(31)34-16-8-2-6-14-25)21-28-24(30)13-5-11-19-37-39(32,33)36-18-9-3-7-15-26;/h32H,4-31H2,1-3H3,(H,37,43)(H,38,44)(H,39,41)(H,40,42)(H,45,46)(H,47,48);22H,2-21,25-26H2,1H3,(H,27,29)(H,28,30)(H,32,33);1H2/q;-1;/p-1. The molecule has 100 heavy (non-hydrogen) atoms. The van der Waals surface area contributed by atoms with Gasteiger partial charge in [0.2, 0.25) is 23.6 Å². The fourth-order valence-corrected chi connectivity index (χ4v) is 10.7. The zero-order valence-corrected chi connectivity index (χ0v) is 63.2. The second-order valence-electron chi connectivity index (χ2n) is 22.7. The molecule has 594 valence electrons. The molecule has 0 aliphatic rings. The summed E-state index contributed by atoms with van der Waals surface area (Å²) in [5.74, 6) is -0.621. The van der Waals surface area contributed by atoms with Crippen LogP contribution in [0.5, 0.6) is 0 Å². The third-order valence-electron chi connectivity index (χ3n) is 13.4. The predicted molar refractivity (Wildman–Crippen MR) is 369 cm³/mol. The van der Waals surface area contributed by atoms with Crippen molar-refractivity contribution in [2.75, 3.05) is 172 Å². The fraction of sp³-hybridized carbons (Fsp3) is 0.900. The maximum atomic E-state index is 12.2. The van der Waals surface area contributed by atoms with Gasteiger partial charge in [0.05, 0.1) is 101 Å². The lowest BCUT2D eigenvalue weighted by Crippen LogP contribution is -2.35. The molecule has 0 aliphatic heterocycles. The lowest BCUT2D eigenvalue weighted by Gasteiger charge is -2.22. The van der Waals surface area contributed by atoms with Crippen LogP contribution >= 0.6 is 32.1 Å². The summed E-state index contributed by atoms with van der Waals surface area (Å²) in [4.78, 5) is 114. The van der Waals surface area contributed by atoms with E-state index in [9.17, 15) is 62.0 Å². The van der Waals surface area contributed by atoms with Crippen LogP contribution in [0.3, 0.4) is 0 Å². The van der Waals surface area contributed by atoms with Crippen molar-refractivity contribution in [3.63, 3.8) is 0 Å². The number of hydrogen-bond acceptors (Lipinski definition) is 27. The third-order valence-corrected chi connectivity index (χ3v) is 17.2. The van der Waals surface area contributed by atoms with Gasteiger partial charge in [-0.15, -0.1) is 0 Å². The summed E-state index contributed by atoms with van der Waals surface area (Å²) < 4.78 is 105. The molecule has 6 amide bonds. The predicted octanol–water partition coefficient (Wildman–Crippen LogP) is 4.33. The third kappa shape index (κ3) is 75.9. The highest BCUT2D eigenvalue weighted by Crippen LogP contribution is 2.44. The summed E-state index contributed by atoms with van der Waals surface area (Å²) in [6.07, 6.45) is 11.9. The van der Waals surface area contributed by atoms with Crippen molar-refractivity contribution >= 4 is 67.9 Å². The summed E-state index contributed by atoms with van der Waals surface area (Å²) in [5.41, 5.74) is 10.8. The molecule has 0 aromatic heterocycles. The van der Waals surface area contributed by atoms with Gasteiger partial charge in [-0.2, -0.15) is 0 Å². The SMILES string of the molecule is CC(CNC(=O)CCCCOP([O-])OCCCCCN)CNC(=O)CCCCOP(=O)([O-])OCCCCCN.COCCOCCOC(=O)NCCCCCOP(=O)(O)OCCCCC(=O)NCC(C)CNC(=O)CCCCOP(=O)(O)OCCCCCNC(=O)OCCOCCOC.O. The van der Waals surface area contributed by atoms with Gasteiger partial charge < -0.3 is 115 Å². The van der Waals surface area contributed by atoms with Gasteiger partial charge >= 0.3 is 27.8 Å². The first-order valence-corrected chi connectivity index (χ1v) is 40.0. The molecule has 0 aromatic carbocycles. The van der Waals surface area contributed by atoms with E-state index in [-0.39, 0.29) is 133 Å². The van der Waals surface area contributed by atoms with E-state index in [1.165, 1.54) is 0 Å². The Morgan fingerprint density at radius 2 is 0.670 bits per heavy atom. The number of phosphoric ester groups is 3. The van der Waals surface area contributed by atoms with Gasteiger partial charge in [-0.1, -0.05) is 13.8 Å². The first kappa shape index (κ1) is 101. The summed E-state index contributed by atoms with van der Waals surface area (Å²) in [5, 5.41) is 16.5. The minimum atomic E-state index is -4.31. The number of alkyl carbamates (subject to hydrolysis) is 2. The molecular formula is C60H124N8O28P4-2. The molecule has 0 aromatic rings. The number of methoxy groups -OCH3 is 2. The Hall–Kier alpha value is -3.22. The van der Waals surface area contributed by atoms with E-state index in [0.29, 0.717) is 188 Å². The van der Waals surface area contributed by atoms with Gasteiger partial charge in [-0.25, -0.2) is 18.7 Å². The summed E-state index contributed by atoms with van der Waals surface area (Å²) in [6.45, 7) is 10.5. The lowest BCUT2D eigenvalue weighted by molar-refractivity contribution is -0.225. The van der Waals surface area contributed by atoms with Crippen LogP contribution < -0.4 is 53.2 Å². The fourth-order valence-electron chi connectivity index (χ4n) is 7.71. The van der Waals surface area contributed by atoms with Crippen LogP contribution in [0.4, 0.5) is 9.59 Å². The number of carbonyl (C=O) groups excluding carboxylic acids is 6. The number of phosphoric acid groups is 3. The van der Waals surface area contributed by atoms with Gasteiger partial charge in [-0.05, 0) is 153 Å². The molecule has 0 saturated heterocycles. The summed E-state index contributed by atoms with van der Waals surface area (Å²) in [6, 6.07) is 0. The zero-order valence-electron chi connectivity index (χ0n) is 59.6. The molecule has 14 N–H and O–H groups in total. The molecule has 40 heteroatoms. The maximum Gasteiger partial charge on any atom is 0.472 e. The molecule has 36 nitrogen and oxygen atoms in total. The van der Waals surface area contributed by atoms with E-state index in [1.54, 1.807) is 14.2 Å². The van der Waals surface area contributed by atoms with Crippen molar-refractivity contribution in [3.05, 3.63) is 0 Å². The Morgan fingerprint density at radius 3 is 0.990 bits per heavy atom. The van der Waals surface area contributed by atoms with E-state index >= 15 is 0 Å². The van der Waals surface area contributed by atoms with Crippen molar-refractivity contribution in [1.82, 2.24) is 31.9 Å². The van der Waals surface area contributed by atoms with E-state index in [0.717, 1.165) is 32.1 Å². The maximum absolute atomic E-state index is 12.2. The second kappa shape index (κ2) is 71.4. The van der Waals surface area contributed by atoms with Gasteiger partial charge in [0.1, 0.15) is 13.2 Å². The first-order valence-electron chi connectivity index (χ1n) is 34.5. The van der Waals surface area contributed by atoms with Crippen LogP contribution in [-0.2, 0) is 97.5 Å². The molecule has 0 heterocycles. The normalized spacial score (nSPS) is 13.9. The van der Waals surface area contributed by atoms with E-state index in [4.69, 9.17) is 76.1 Å². The van der Waals surface area contributed by atoms with Gasteiger partial charge in [0.25, 0.3) is 7.82 Å². The molecule has 0 spiro atoms. The minimum Gasteiger partial charge on any atom is -0.786 e. The molecule has 0 rings (SSSR count). The largest absolute Gasteiger partial charge is 0.786 e. The van der Waals surface area contributed by atoms with E-state index < -0.39 is 44.3 Å². The van der Waals surface area contributed by atoms with Crippen LogP contribution in [0.15, 0.2) is 0 Å². The Bertz CT molecular complexity index is 2060. The van der Waals surface area contributed by atoms with Crippen molar-refractivity contribution < 1.29 is 132 Å². The molecule has 0 saturated carbocycles. The van der Waals surface area contributed by atoms with Crippen molar-refractivity contribution in [2.45, 2.75) is 168 Å². The highest BCUT2D eigenvalue weighted by atomic mass is 31.2. The quantitative estimate of drug-likeness (QED) is 0.0299. The van der Waals surface area contributed by atoms with Crippen LogP contribution in [0.25, 0.3) is 0 Å². The van der Waals surface area contributed by atoms with E-state index in [1.807, 2.05) is 13.8 Å². The second-order valence-corrected chi connectivity index (χ2v) is 28.0.